The van der Waals surface area contributed by atoms with Gasteiger partial charge in [-0.25, -0.2) is 0 Å². The molecule has 4 heteroatoms. The summed E-state index contributed by atoms with van der Waals surface area (Å²) in [5, 5.41) is 3.37. The molecule has 2 fully saturated rings. The van der Waals surface area contributed by atoms with Gasteiger partial charge in [-0.15, -0.1) is 0 Å². The minimum atomic E-state index is 0.248. The summed E-state index contributed by atoms with van der Waals surface area (Å²) >= 11 is 0. The van der Waals surface area contributed by atoms with Gasteiger partial charge in [0.2, 0.25) is 5.91 Å². The molecular weight excluding hydrogens is 226 g/mol. The lowest BCUT2D eigenvalue weighted by atomic mass is 9.94. The Morgan fingerprint density at radius 3 is 2.89 bits per heavy atom. The number of carbonyl (C=O) groups is 1. The Bertz CT molecular complexity index is 440. The third kappa shape index (κ3) is 2.25. The Labute approximate surface area is 107 Å². The molecule has 2 aliphatic heterocycles. The van der Waals surface area contributed by atoms with Crippen molar-refractivity contribution in [2.24, 2.45) is 0 Å². The van der Waals surface area contributed by atoms with Gasteiger partial charge in [0.15, 0.2) is 0 Å². The van der Waals surface area contributed by atoms with Crippen LogP contribution in [0.1, 0.15) is 37.3 Å². The van der Waals surface area contributed by atoms with Crippen LogP contribution < -0.4 is 10.2 Å². The largest absolute Gasteiger partial charge is 0.317 e. The van der Waals surface area contributed by atoms with Crippen LogP contribution in [0.2, 0.25) is 0 Å². The van der Waals surface area contributed by atoms with Crippen molar-refractivity contribution in [2.75, 3.05) is 24.5 Å². The maximum atomic E-state index is 11.8. The first-order valence-electron chi connectivity index (χ1n) is 6.81. The summed E-state index contributed by atoms with van der Waals surface area (Å²) in [4.78, 5) is 18.1. The van der Waals surface area contributed by atoms with E-state index in [0.29, 0.717) is 12.3 Å². The Hall–Kier alpha value is -1.42. The summed E-state index contributed by atoms with van der Waals surface area (Å²) < 4.78 is 0. The Balaban J connectivity index is 1.82. The Kier molecular flexibility index (Phi) is 3.28. The van der Waals surface area contributed by atoms with Crippen LogP contribution in [0.3, 0.4) is 0 Å². The van der Waals surface area contributed by atoms with E-state index in [1.54, 1.807) is 0 Å². The number of nitrogens with one attached hydrogen (secondary N) is 1. The van der Waals surface area contributed by atoms with Crippen molar-refractivity contribution in [3.05, 3.63) is 24.0 Å². The zero-order valence-corrected chi connectivity index (χ0v) is 10.6. The van der Waals surface area contributed by atoms with Crippen molar-refractivity contribution < 1.29 is 4.79 Å². The molecule has 18 heavy (non-hydrogen) atoms. The van der Waals surface area contributed by atoms with E-state index in [-0.39, 0.29) is 5.91 Å². The lowest BCUT2D eigenvalue weighted by molar-refractivity contribution is -0.117. The van der Waals surface area contributed by atoms with Crippen molar-refractivity contribution in [3.63, 3.8) is 0 Å². The van der Waals surface area contributed by atoms with Gasteiger partial charge in [0.05, 0.1) is 0 Å². The minimum Gasteiger partial charge on any atom is -0.317 e. The first-order chi connectivity index (χ1) is 8.84. The normalized spacial score (nSPS) is 21.6. The van der Waals surface area contributed by atoms with Gasteiger partial charge in [0.25, 0.3) is 0 Å². The summed E-state index contributed by atoms with van der Waals surface area (Å²) in [7, 11) is 0. The highest BCUT2D eigenvalue weighted by Gasteiger charge is 2.23. The third-order valence-electron chi connectivity index (χ3n) is 3.91. The van der Waals surface area contributed by atoms with Gasteiger partial charge in [-0.05, 0) is 44.5 Å². The molecule has 2 aliphatic rings. The zero-order chi connectivity index (χ0) is 12.4. The lowest BCUT2D eigenvalue weighted by Crippen LogP contribution is -2.27. The number of aromatic nitrogens is 1. The molecule has 96 valence electrons. The number of nitrogens with zero attached hydrogens (tertiary/aromatic N) is 2. The molecule has 2 saturated heterocycles. The van der Waals surface area contributed by atoms with E-state index in [4.69, 9.17) is 0 Å². The van der Waals surface area contributed by atoms with E-state index in [9.17, 15) is 4.79 Å². The molecule has 0 saturated carbocycles. The van der Waals surface area contributed by atoms with Gasteiger partial charge in [0, 0.05) is 36.5 Å². The number of carbonyl (C=O) groups excluding carboxylic acids is 1. The number of amides is 1. The third-order valence-corrected chi connectivity index (χ3v) is 3.91. The summed E-state index contributed by atoms with van der Waals surface area (Å²) in [5.74, 6) is 0.793. The number of hydrogen-bond donors (Lipinski definition) is 1. The Morgan fingerprint density at radius 1 is 1.33 bits per heavy atom. The second-order valence-electron chi connectivity index (χ2n) is 5.11. The van der Waals surface area contributed by atoms with E-state index in [1.807, 2.05) is 17.2 Å². The van der Waals surface area contributed by atoms with Gasteiger partial charge in [0.1, 0.15) is 0 Å². The molecule has 0 unspecified atom stereocenters. The molecule has 0 atom stereocenters. The quantitative estimate of drug-likeness (QED) is 0.862. The number of anilines is 1. The number of rotatable bonds is 2. The summed E-state index contributed by atoms with van der Waals surface area (Å²) in [6.45, 7) is 2.99. The smallest absolute Gasteiger partial charge is 0.227 e. The SMILES string of the molecule is O=C1CCCN1c1ccnc(C2CCNCC2)c1. The number of piperidine rings is 1. The van der Waals surface area contributed by atoms with E-state index in [0.717, 1.165) is 50.3 Å². The second kappa shape index (κ2) is 5.06. The fraction of sp³-hybridized carbons (Fsp3) is 0.571. The van der Waals surface area contributed by atoms with Crippen molar-refractivity contribution in [1.29, 1.82) is 0 Å². The van der Waals surface area contributed by atoms with E-state index in [1.165, 1.54) is 0 Å². The van der Waals surface area contributed by atoms with Crippen LogP contribution in [0.25, 0.3) is 0 Å². The van der Waals surface area contributed by atoms with Crippen LogP contribution in [0, 0.1) is 0 Å². The van der Waals surface area contributed by atoms with Gasteiger partial charge in [-0.1, -0.05) is 0 Å². The molecule has 0 spiro atoms. The van der Waals surface area contributed by atoms with Gasteiger partial charge in [-0.3, -0.25) is 9.78 Å². The predicted octanol–water partition coefficient (Wildman–Crippen LogP) is 1.68. The predicted molar refractivity (Wildman–Crippen MR) is 70.7 cm³/mol. The lowest BCUT2D eigenvalue weighted by Gasteiger charge is -2.23. The minimum absolute atomic E-state index is 0.248. The topological polar surface area (TPSA) is 45.2 Å². The molecule has 0 bridgehead atoms. The number of hydrogen-bond acceptors (Lipinski definition) is 3. The summed E-state index contributed by atoms with van der Waals surface area (Å²) in [6.07, 6.45) is 5.79. The second-order valence-corrected chi connectivity index (χ2v) is 5.11. The van der Waals surface area contributed by atoms with Crippen LogP contribution >= 0.6 is 0 Å². The fourth-order valence-electron chi connectivity index (χ4n) is 2.87. The van der Waals surface area contributed by atoms with Crippen LogP contribution in [0.4, 0.5) is 5.69 Å². The molecule has 0 aromatic carbocycles. The molecule has 4 nitrogen and oxygen atoms in total. The number of pyridine rings is 1. The zero-order valence-electron chi connectivity index (χ0n) is 10.6. The van der Waals surface area contributed by atoms with E-state index in [2.05, 4.69) is 16.4 Å². The monoisotopic (exact) mass is 245 g/mol. The first kappa shape index (κ1) is 11.7. The van der Waals surface area contributed by atoms with Crippen LogP contribution in [-0.4, -0.2) is 30.5 Å². The highest BCUT2D eigenvalue weighted by molar-refractivity contribution is 5.95. The van der Waals surface area contributed by atoms with Crippen molar-refractivity contribution in [3.8, 4) is 0 Å². The van der Waals surface area contributed by atoms with Crippen molar-refractivity contribution in [2.45, 2.75) is 31.6 Å². The molecule has 0 radical (unpaired) electrons. The highest BCUT2D eigenvalue weighted by atomic mass is 16.2. The average molecular weight is 245 g/mol. The summed E-state index contributed by atoms with van der Waals surface area (Å²) in [6, 6.07) is 4.06. The molecule has 1 N–H and O–H groups in total. The molecule has 3 heterocycles. The molecule has 3 rings (SSSR count). The molecular formula is C14H19N3O. The average Bonchev–Trinajstić information content (AvgIpc) is 2.86. The van der Waals surface area contributed by atoms with Crippen LogP contribution in [0.15, 0.2) is 18.3 Å². The van der Waals surface area contributed by atoms with Gasteiger partial charge in [-0.2, -0.15) is 0 Å². The maximum absolute atomic E-state index is 11.8. The first-order valence-corrected chi connectivity index (χ1v) is 6.81. The van der Waals surface area contributed by atoms with Gasteiger partial charge < -0.3 is 10.2 Å². The van der Waals surface area contributed by atoms with Crippen LogP contribution in [-0.2, 0) is 4.79 Å². The maximum Gasteiger partial charge on any atom is 0.227 e. The highest BCUT2D eigenvalue weighted by Crippen LogP contribution is 2.28. The van der Waals surface area contributed by atoms with Gasteiger partial charge >= 0.3 is 0 Å². The van der Waals surface area contributed by atoms with Crippen LogP contribution in [0.5, 0.6) is 0 Å². The standard InChI is InChI=1S/C14H19N3O/c18-14-2-1-9-17(14)12-5-8-16-13(10-12)11-3-6-15-7-4-11/h5,8,10-11,15H,1-4,6-7,9H2. The van der Waals surface area contributed by atoms with Crippen molar-refractivity contribution >= 4 is 11.6 Å². The van der Waals surface area contributed by atoms with E-state index >= 15 is 0 Å². The van der Waals surface area contributed by atoms with E-state index < -0.39 is 0 Å². The molecule has 0 aliphatic carbocycles. The fourth-order valence-corrected chi connectivity index (χ4v) is 2.87. The molecule has 1 aromatic rings. The Morgan fingerprint density at radius 2 is 2.17 bits per heavy atom. The molecule has 1 amide bonds. The van der Waals surface area contributed by atoms with Crippen molar-refractivity contribution in [1.82, 2.24) is 10.3 Å². The molecule has 1 aromatic heterocycles. The summed E-state index contributed by atoms with van der Waals surface area (Å²) in [5.41, 5.74) is 2.18.